The summed E-state index contributed by atoms with van der Waals surface area (Å²) >= 11 is 0. The van der Waals surface area contributed by atoms with Crippen molar-refractivity contribution in [2.45, 2.75) is 20.3 Å². The zero-order chi connectivity index (χ0) is 13.2. The Kier molecular flexibility index (Phi) is 6.71. The first kappa shape index (κ1) is 14.4. The Bertz CT molecular complexity index is 354. The maximum atomic E-state index is 11.7. The Labute approximate surface area is 107 Å². The van der Waals surface area contributed by atoms with E-state index in [0.29, 0.717) is 31.3 Å². The summed E-state index contributed by atoms with van der Waals surface area (Å²) in [4.78, 5) is 19.8. The Balaban J connectivity index is 2.32. The highest BCUT2D eigenvalue weighted by Gasteiger charge is 2.06. The number of nitrogens with one attached hydrogen (secondary N) is 2. The van der Waals surface area contributed by atoms with Crippen molar-refractivity contribution in [1.29, 1.82) is 0 Å². The van der Waals surface area contributed by atoms with Gasteiger partial charge in [-0.3, -0.25) is 4.79 Å². The van der Waals surface area contributed by atoms with E-state index in [1.165, 1.54) is 6.20 Å². The normalized spacial score (nSPS) is 10.1. The SMILES string of the molecule is CCNc1cnc(C(=O)NCCCOCC)cn1. The van der Waals surface area contributed by atoms with Crippen molar-refractivity contribution in [3.8, 4) is 0 Å². The number of ether oxygens (including phenoxy) is 1. The molecule has 6 nitrogen and oxygen atoms in total. The predicted octanol–water partition coefficient (Wildman–Crippen LogP) is 1.06. The van der Waals surface area contributed by atoms with Gasteiger partial charge in [-0.2, -0.15) is 0 Å². The van der Waals surface area contributed by atoms with Gasteiger partial charge in [0.15, 0.2) is 0 Å². The van der Waals surface area contributed by atoms with Crippen LogP contribution in [0.1, 0.15) is 30.8 Å². The fourth-order valence-corrected chi connectivity index (χ4v) is 1.33. The van der Waals surface area contributed by atoms with Crippen LogP contribution in [0.3, 0.4) is 0 Å². The molecule has 1 heterocycles. The number of amides is 1. The number of nitrogens with zero attached hydrogens (tertiary/aromatic N) is 2. The molecule has 6 heteroatoms. The maximum Gasteiger partial charge on any atom is 0.271 e. The van der Waals surface area contributed by atoms with E-state index in [1.807, 2.05) is 13.8 Å². The molecular formula is C12H20N4O2. The lowest BCUT2D eigenvalue weighted by molar-refractivity contribution is 0.0939. The lowest BCUT2D eigenvalue weighted by Gasteiger charge is -2.05. The van der Waals surface area contributed by atoms with E-state index in [9.17, 15) is 4.79 Å². The van der Waals surface area contributed by atoms with Crippen LogP contribution < -0.4 is 10.6 Å². The van der Waals surface area contributed by atoms with Crippen molar-refractivity contribution in [1.82, 2.24) is 15.3 Å². The van der Waals surface area contributed by atoms with Crippen molar-refractivity contribution in [2.75, 3.05) is 31.6 Å². The number of rotatable bonds is 8. The number of carbonyl (C=O) groups excluding carboxylic acids is 1. The number of aromatic nitrogens is 2. The third-order valence-corrected chi connectivity index (χ3v) is 2.20. The Morgan fingerprint density at radius 3 is 2.78 bits per heavy atom. The second-order valence-corrected chi connectivity index (χ2v) is 3.62. The second-order valence-electron chi connectivity index (χ2n) is 3.62. The molecular weight excluding hydrogens is 232 g/mol. The van der Waals surface area contributed by atoms with Gasteiger partial charge in [-0.05, 0) is 20.3 Å². The number of hydrogen-bond acceptors (Lipinski definition) is 5. The van der Waals surface area contributed by atoms with Crippen LogP contribution in [0.25, 0.3) is 0 Å². The summed E-state index contributed by atoms with van der Waals surface area (Å²) in [6.07, 6.45) is 3.82. The molecule has 0 saturated carbocycles. The number of anilines is 1. The van der Waals surface area contributed by atoms with Gasteiger partial charge < -0.3 is 15.4 Å². The number of hydrogen-bond donors (Lipinski definition) is 2. The summed E-state index contributed by atoms with van der Waals surface area (Å²) < 4.78 is 5.18. The molecule has 0 aliphatic carbocycles. The zero-order valence-corrected chi connectivity index (χ0v) is 10.9. The highest BCUT2D eigenvalue weighted by atomic mass is 16.5. The van der Waals surface area contributed by atoms with Gasteiger partial charge in [0.1, 0.15) is 11.5 Å². The molecule has 1 rings (SSSR count). The first-order valence-electron chi connectivity index (χ1n) is 6.19. The minimum atomic E-state index is -0.206. The van der Waals surface area contributed by atoms with Crippen LogP contribution in [0.2, 0.25) is 0 Å². The maximum absolute atomic E-state index is 11.7. The molecule has 0 aromatic carbocycles. The summed E-state index contributed by atoms with van der Waals surface area (Å²) in [6, 6.07) is 0. The van der Waals surface area contributed by atoms with E-state index < -0.39 is 0 Å². The van der Waals surface area contributed by atoms with Gasteiger partial charge in [0, 0.05) is 26.3 Å². The highest BCUT2D eigenvalue weighted by Crippen LogP contribution is 2.00. The van der Waals surface area contributed by atoms with E-state index in [1.54, 1.807) is 6.20 Å². The van der Waals surface area contributed by atoms with Crippen molar-refractivity contribution in [2.24, 2.45) is 0 Å². The molecule has 0 atom stereocenters. The van der Waals surface area contributed by atoms with Gasteiger partial charge in [0.25, 0.3) is 5.91 Å². The average molecular weight is 252 g/mol. The summed E-state index contributed by atoms with van der Waals surface area (Å²) in [7, 11) is 0. The molecule has 1 amide bonds. The minimum Gasteiger partial charge on any atom is -0.382 e. The van der Waals surface area contributed by atoms with Crippen LogP contribution >= 0.6 is 0 Å². The molecule has 100 valence electrons. The van der Waals surface area contributed by atoms with E-state index in [-0.39, 0.29) is 5.91 Å². The van der Waals surface area contributed by atoms with Crippen LogP contribution in [0.4, 0.5) is 5.82 Å². The quantitative estimate of drug-likeness (QED) is 0.677. The third-order valence-electron chi connectivity index (χ3n) is 2.20. The average Bonchev–Trinajstić information content (AvgIpc) is 2.39. The predicted molar refractivity (Wildman–Crippen MR) is 69.6 cm³/mol. The van der Waals surface area contributed by atoms with Crippen molar-refractivity contribution in [3.05, 3.63) is 18.1 Å². The molecule has 0 radical (unpaired) electrons. The van der Waals surface area contributed by atoms with Gasteiger partial charge in [-0.25, -0.2) is 9.97 Å². The van der Waals surface area contributed by atoms with E-state index in [2.05, 4.69) is 20.6 Å². The largest absolute Gasteiger partial charge is 0.382 e. The number of carbonyl (C=O) groups is 1. The first-order valence-corrected chi connectivity index (χ1v) is 6.19. The molecule has 1 aromatic heterocycles. The molecule has 1 aromatic rings. The summed E-state index contributed by atoms with van der Waals surface area (Å²) in [5, 5.41) is 5.79. The topological polar surface area (TPSA) is 76.1 Å². The molecule has 0 unspecified atom stereocenters. The fraction of sp³-hybridized carbons (Fsp3) is 0.583. The van der Waals surface area contributed by atoms with Crippen LogP contribution in [0, 0.1) is 0 Å². The molecule has 2 N–H and O–H groups in total. The Hall–Kier alpha value is -1.69. The van der Waals surface area contributed by atoms with Crippen molar-refractivity contribution >= 4 is 11.7 Å². The molecule has 0 fully saturated rings. The van der Waals surface area contributed by atoms with Gasteiger partial charge in [-0.1, -0.05) is 0 Å². The molecule has 0 bridgehead atoms. The molecule has 0 aliphatic heterocycles. The molecule has 0 saturated heterocycles. The van der Waals surface area contributed by atoms with E-state index >= 15 is 0 Å². The summed E-state index contributed by atoms with van der Waals surface area (Å²) in [5.74, 6) is 0.465. The van der Waals surface area contributed by atoms with Crippen LogP contribution in [0.5, 0.6) is 0 Å². The molecule has 18 heavy (non-hydrogen) atoms. The lowest BCUT2D eigenvalue weighted by Crippen LogP contribution is -2.26. The van der Waals surface area contributed by atoms with E-state index in [4.69, 9.17) is 4.74 Å². The zero-order valence-electron chi connectivity index (χ0n) is 10.9. The monoisotopic (exact) mass is 252 g/mol. The van der Waals surface area contributed by atoms with Crippen LogP contribution in [-0.4, -0.2) is 42.2 Å². The summed E-state index contributed by atoms with van der Waals surface area (Å²) in [6.45, 7) is 6.63. The standard InChI is InChI=1S/C12H20N4O2/c1-3-13-11-9-15-10(8-16-11)12(17)14-6-5-7-18-4-2/h8-9H,3-7H2,1-2H3,(H,13,16)(H,14,17). The first-order chi connectivity index (χ1) is 8.77. The van der Waals surface area contributed by atoms with Gasteiger partial charge in [-0.15, -0.1) is 0 Å². The Morgan fingerprint density at radius 2 is 2.17 bits per heavy atom. The highest BCUT2D eigenvalue weighted by molar-refractivity contribution is 5.91. The van der Waals surface area contributed by atoms with Crippen molar-refractivity contribution < 1.29 is 9.53 Å². The molecule has 0 aliphatic rings. The minimum absolute atomic E-state index is 0.206. The van der Waals surface area contributed by atoms with E-state index in [0.717, 1.165) is 13.0 Å². The van der Waals surface area contributed by atoms with Gasteiger partial charge in [0.05, 0.1) is 12.4 Å². The fourth-order valence-electron chi connectivity index (χ4n) is 1.33. The van der Waals surface area contributed by atoms with Crippen molar-refractivity contribution in [3.63, 3.8) is 0 Å². The smallest absolute Gasteiger partial charge is 0.271 e. The molecule has 0 spiro atoms. The van der Waals surface area contributed by atoms with Crippen LogP contribution in [-0.2, 0) is 4.74 Å². The summed E-state index contributed by atoms with van der Waals surface area (Å²) in [5.41, 5.74) is 0.327. The van der Waals surface area contributed by atoms with Crippen LogP contribution in [0.15, 0.2) is 12.4 Å². The Morgan fingerprint density at radius 1 is 1.33 bits per heavy atom. The third kappa shape index (κ3) is 5.09. The lowest BCUT2D eigenvalue weighted by atomic mass is 10.4. The van der Waals surface area contributed by atoms with Gasteiger partial charge in [0.2, 0.25) is 0 Å². The second kappa shape index (κ2) is 8.41. The van der Waals surface area contributed by atoms with Gasteiger partial charge >= 0.3 is 0 Å².